The average molecular weight is 828 g/mol. The van der Waals surface area contributed by atoms with Gasteiger partial charge in [-0.3, -0.25) is 4.57 Å². The van der Waals surface area contributed by atoms with E-state index in [-0.39, 0.29) is 58.1 Å². The molecule has 13 aromatic rings. The van der Waals surface area contributed by atoms with Crippen molar-refractivity contribution in [2.75, 3.05) is 0 Å². The van der Waals surface area contributed by atoms with Gasteiger partial charge in [-0.25, -0.2) is 4.98 Å². The summed E-state index contributed by atoms with van der Waals surface area (Å²) in [6.07, 6.45) is 0. The van der Waals surface area contributed by atoms with Crippen LogP contribution in [0.5, 0.6) is 0 Å². The molecule has 0 fully saturated rings. The Bertz CT molecular complexity index is 4210. The maximum atomic E-state index is 9.42. The van der Waals surface area contributed by atoms with Gasteiger partial charge in [-0.2, -0.15) is 9.97 Å². The van der Waals surface area contributed by atoms with E-state index in [1.54, 1.807) is 15.9 Å². The number of thiophene rings is 1. The van der Waals surface area contributed by atoms with Crippen LogP contribution >= 0.6 is 11.3 Å². The number of hydrogen-bond acceptors (Lipinski definition) is 4. The minimum Gasteiger partial charge on any atom is -0.309 e. The summed E-state index contributed by atoms with van der Waals surface area (Å²) in [6, 6.07) is 57.2. The predicted molar refractivity (Wildman–Crippen MR) is 263 cm³/mol. The molecule has 0 radical (unpaired) electrons. The van der Waals surface area contributed by atoms with Crippen LogP contribution in [0.15, 0.2) is 212 Å². The predicted octanol–water partition coefficient (Wildman–Crippen LogP) is 15.1. The van der Waals surface area contributed by atoms with Crippen molar-refractivity contribution in [1.82, 2.24) is 24.1 Å². The normalized spacial score (nSPS) is 13.1. The molecule has 0 aliphatic carbocycles. The van der Waals surface area contributed by atoms with Crippen LogP contribution in [0.25, 0.3) is 120 Å². The van der Waals surface area contributed by atoms with E-state index >= 15 is 0 Å². The molecule has 0 N–H and O–H groups in total. The van der Waals surface area contributed by atoms with Crippen molar-refractivity contribution in [1.29, 1.82) is 0 Å². The molecule has 0 aliphatic rings. The molecule has 0 amide bonds. The standard InChI is InChI=1S/C57H35N5S/c1-3-17-36(18-4-1)39-25-16-31-50-53(39)46-24-9-13-30-49(46)62(50)57-59-55(37-19-5-2-6-20-37)58-56(60-57)38-33-34-42(44-26-15-27-45-43-23-10-14-32-52(43)63-54(44)45)51(35-38)61-47-28-11-7-21-40(47)41-22-8-12-29-48(41)61/h1-35H/i7D,8D,21D,22D,28D,29D. The van der Waals surface area contributed by atoms with E-state index in [2.05, 4.69) is 71.3 Å². The fraction of sp³-hybridized carbons (Fsp3) is 0. The highest BCUT2D eigenvalue weighted by Gasteiger charge is 2.23. The maximum absolute atomic E-state index is 9.42. The quantitative estimate of drug-likeness (QED) is 0.168. The molecule has 294 valence electrons. The zero-order chi connectivity index (χ0) is 46.7. The van der Waals surface area contributed by atoms with Gasteiger partial charge >= 0.3 is 0 Å². The number of nitrogens with zero attached hydrogens (tertiary/aromatic N) is 5. The van der Waals surface area contributed by atoms with Gasteiger partial charge in [0.15, 0.2) is 11.6 Å². The third kappa shape index (κ3) is 5.59. The molecule has 0 bridgehead atoms. The molecule has 9 aromatic carbocycles. The minimum absolute atomic E-state index is 0.0426. The first-order valence-electron chi connectivity index (χ1n) is 23.7. The molecule has 0 saturated carbocycles. The molecule has 13 rings (SSSR count). The summed E-state index contributed by atoms with van der Waals surface area (Å²) in [6.45, 7) is 0. The molecular weight excluding hydrogens is 787 g/mol. The highest BCUT2D eigenvalue weighted by Crippen LogP contribution is 2.44. The fourth-order valence-electron chi connectivity index (χ4n) is 9.20. The Morgan fingerprint density at radius 1 is 0.397 bits per heavy atom. The lowest BCUT2D eigenvalue weighted by atomic mass is 9.98. The summed E-state index contributed by atoms with van der Waals surface area (Å²) < 4.78 is 60.7. The van der Waals surface area contributed by atoms with Crippen LogP contribution in [0.3, 0.4) is 0 Å². The Morgan fingerprint density at radius 3 is 1.79 bits per heavy atom. The number of hydrogen-bond donors (Lipinski definition) is 0. The van der Waals surface area contributed by atoms with Gasteiger partial charge in [-0.05, 0) is 47.5 Å². The summed E-state index contributed by atoms with van der Waals surface area (Å²) in [7, 11) is 0. The van der Waals surface area contributed by atoms with E-state index in [4.69, 9.17) is 17.7 Å². The van der Waals surface area contributed by atoms with Gasteiger partial charge in [0, 0.05) is 64.0 Å². The first-order chi connectivity index (χ1) is 33.7. The Hall–Kier alpha value is -8.19. The van der Waals surface area contributed by atoms with Crippen molar-refractivity contribution in [3.05, 3.63) is 212 Å². The molecule has 0 saturated heterocycles. The lowest BCUT2D eigenvalue weighted by molar-refractivity contribution is 0.953. The second-order valence-electron chi connectivity index (χ2n) is 15.5. The first kappa shape index (κ1) is 29.9. The topological polar surface area (TPSA) is 48.5 Å². The Kier molecular flexibility index (Phi) is 6.75. The van der Waals surface area contributed by atoms with Gasteiger partial charge in [0.05, 0.1) is 36.0 Å². The molecule has 0 atom stereocenters. The summed E-state index contributed by atoms with van der Waals surface area (Å²) in [5.74, 6) is 1.25. The SMILES string of the molecule is [2H]c1cc([2H])c2c(c1[2H])c1c([2H])c([2H])cc([2H])c1n2-c1cc(-c2nc(-c3ccccc3)nc(-n3c4ccccc4c4c(-c5ccccc5)cccc43)n2)ccc1-c1cccc2c1sc1ccccc12. The Balaban J connectivity index is 1.14. The highest BCUT2D eigenvalue weighted by molar-refractivity contribution is 7.26. The number of benzene rings is 9. The molecule has 0 unspecified atom stereocenters. The number of aromatic nitrogens is 5. The van der Waals surface area contributed by atoms with E-state index in [9.17, 15) is 5.48 Å². The zero-order valence-electron chi connectivity index (χ0n) is 39.4. The number of fused-ring (bicyclic) bond motifs is 9. The lowest BCUT2D eigenvalue weighted by Crippen LogP contribution is -2.07. The van der Waals surface area contributed by atoms with Gasteiger partial charge in [0.1, 0.15) is 0 Å². The molecule has 4 aromatic heterocycles. The van der Waals surface area contributed by atoms with Gasteiger partial charge < -0.3 is 4.57 Å². The molecule has 0 aliphatic heterocycles. The number of rotatable bonds is 6. The average Bonchev–Trinajstić information content (AvgIpc) is 4.07. The molecule has 4 heterocycles. The third-order valence-electron chi connectivity index (χ3n) is 12.0. The van der Waals surface area contributed by atoms with Crippen molar-refractivity contribution in [2.45, 2.75) is 0 Å². The van der Waals surface area contributed by atoms with Crippen LogP contribution in [0.1, 0.15) is 8.22 Å². The molecule has 0 spiro atoms. The van der Waals surface area contributed by atoms with Gasteiger partial charge in [-0.15, -0.1) is 11.3 Å². The van der Waals surface area contributed by atoms with Crippen molar-refractivity contribution in [3.63, 3.8) is 0 Å². The maximum Gasteiger partial charge on any atom is 0.238 e. The smallest absolute Gasteiger partial charge is 0.238 e. The summed E-state index contributed by atoms with van der Waals surface area (Å²) in [4.78, 5) is 15.8. The highest BCUT2D eigenvalue weighted by atomic mass is 32.1. The second-order valence-corrected chi connectivity index (χ2v) is 16.5. The van der Waals surface area contributed by atoms with Crippen LogP contribution < -0.4 is 0 Å². The molecule has 63 heavy (non-hydrogen) atoms. The fourth-order valence-corrected chi connectivity index (χ4v) is 10.4. The Labute approximate surface area is 374 Å². The lowest BCUT2D eigenvalue weighted by Gasteiger charge is -2.17. The van der Waals surface area contributed by atoms with Crippen LogP contribution in [0.2, 0.25) is 0 Å². The number of para-hydroxylation sites is 3. The van der Waals surface area contributed by atoms with Crippen molar-refractivity contribution in [3.8, 4) is 56.7 Å². The molecule has 5 nitrogen and oxygen atoms in total. The van der Waals surface area contributed by atoms with Crippen molar-refractivity contribution in [2.24, 2.45) is 0 Å². The van der Waals surface area contributed by atoms with Gasteiger partial charge in [0.25, 0.3) is 0 Å². The first-order valence-corrected chi connectivity index (χ1v) is 21.5. The van der Waals surface area contributed by atoms with E-state index < -0.39 is 0 Å². The van der Waals surface area contributed by atoms with Gasteiger partial charge in [0.2, 0.25) is 5.95 Å². The summed E-state index contributed by atoms with van der Waals surface area (Å²) in [5, 5.41) is 4.70. The molecule has 6 heteroatoms. The van der Waals surface area contributed by atoms with Crippen LogP contribution in [0, 0.1) is 0 Å². The van der Waals surface area contributed by atoms with Gasteiger partial charge in [-0.1, -0.05) is 176 Å². The van der Waals surface area contributed by atoms with Crippen LogP contribution in [-0.2, 0) is 0 Å². The summed E-state index contributed by atoms with van der Waals surface area (Å²) in [5.41, 5.74) is 8.21. The van der Waals surface area contributed by atoms with E-state index in [0.717, 1.165) is 69.8 Å². The third-order valence-corrected chi connectivity index (χ3v) is 13.2. The van der Waals surface area contributed by atoms with E-state index in [1.165, 1.54) is 12.1 Å². The molecular formula is C57H35N5S. The largest absolute Gasteiger partial charge is 0.309 e. The second kappa shape index (κ2) is 14.2. The van der Waals surface area contributed by atoms with Crippen molar-refractivity contribution < 1.29 is 8.22 Å². The van der Waals surface area contributed by atoms with E-state index in [1.807, 2.05) is 97.1 Å². The van der Waals surface area contributed by atoms with Crippen LogP contribution in [-0.4, -0.2) is 24.1 Å². The Morgan fingerprint density at radius 2 is 1.02 bits per heavy atom. The zero-order valence-corrected chi connectivity index (χ0v) is 34.2. The monoisotopic (exact) mass is 827 g/mol. The van der Waals surface area contributed by atoms with Crippen molar-refractivity contribution >= 4 is 75.1 Å². The summed E-state index contributed by atoms with van der Waals surface area (Å²) >= 11 is 1.68. The van der Waals surface area contributed by atoms with E-state index in [0.29, 0.717) is 28.8 Å². The van der Waals surface area contributed by atoms with Crippen LogP contribution in [0.4, 0.5) is 0 Å². The minimum atomic E-state index is -0.177.